The number of aromatic nitrogens is 2. The van der Waals surface area contributed by atoms with Crippen LogP contribution in [-0.4, -0.2) is 40.6 Å². The molecule has 0 radical (unpaired) electrons. The van der Waals surface area contributed by atoms with Crippen molar-refractivity contribution in [1.82, 2.24) is 15.0 Å². The highest BCUT2D eigenvalue weighted by molar-refractivity contribution is 7.09. The van der Waals surface area contributed by atoms with Gasteiger partial charge in [-0.1, -0.05) is 25.1 Å². The van der Waals surface area contributed by atoms with Gasteiger partial charge in [0.05, 0.1) is 12.2 Å². The second kappa shape index (κ2) is 9.18. The van der Waals surface area contributed by atoms with Crippen LogP contribution in [0, 0.1) is 5.82 Å². The van der Waals surface area contributed by atoms with Crippen molar-refractivity contribution < 1.29 is 13.7 Å². The first kappa shape index (κ1) is 21.5. The van der Waals surface area contributed by atoms with Crippen LogP contribution in [-0.2, 0) is 11.3 Å². The lowest BCUT2D eigenvalue weighted by Gasteiger charge is -2.38. The van der Waals surface area contributed by atoms with E-state index in [0.29, 0.717) is 36.1 Å². The number of rotatable bonds is 6. The Morgan fingerprint density at radius 3 is 2.87 bits per heavy atom. The van der Waals surface area contributed by atoms with Crippen molar-refractivity contribution >= 4 is 22.9 Å². The molecule has 0 saturated carbocycles. The molecule has 1 atom stereocenters. The van der Waals surface area contributed by atoms with E-state index >= 15 is 4.39 Å². The van der Waals surface area contributed by atoms with Gasteiger partial charge in [0, 0.05) is 30.0 Å². The lowest BCUT2D eigenvalue weighted by Crippen LogP contribution is -2.50. The summed E-state index contributed by atoms with van der Waals surface area (Å²) >= 11 is 1.63. The molecule has 1 fully saturated rings. The SMILES string of the molecule is CC(C)c1nc(-c2ccc(N3CCCCC3C(=O)N(C)Cc3cccs3)c(F)c2)no1. The first-order valence-electron chi connectivity index (χ1n) is 10.6. The maximum absolute atomic E-state index is 15.2. The van der Waals surface area contributed by atoms with E-state index < -0.39 is 0 Å². The fourth-order valence-electron chi connectivity index (χ4n) is 3.91. The standard InChI is InChI=1S/C23H27FN4O2S/c1-15(2)22-25-21(26-30-22)16-9-10-19(18(24)13-16)28-11-5-4-8-20(28)23(29)27(3)14-17-7-6-12-31-17/h6-7,9-10,12-13,15,20H,4-5,8,11,14H2,1-3H3. The Morgan fingerprint density at radius 2 is 2.19 bits per heavy atom. The average molecular weight is 443 g/mol. The summed E-state index contributed by atoms with van der Waals surface area (Å²) in [6.45, 7) is 5.14. The second-order valence-electron chi connectivity index (χ2n) is 8.26. The topological polar surface area (TPSA) is 62.5 Å². The largest absolute Gasteiger partial charge is 0.357 e. The molecule has 1 aliphatic heterocycles. The van der Waals surface area contributed by atoms with Crippen molar-refractivity contribution in [2.24, 2.45) is 0 Å². The summed E-state index contributed by atoms with van der Waals surface area (Å²) < 4.78 is 20.4. The maximum Gasteiger partial charge on any atom is 0.245 e. The predicted octanol–water partition coefficient (Wildman–Crippen LogP) is 5.08. The smallest absolute Gasteiger partial charge is 0.245 e. The van der Waals surface area contributed by atoms with E-state index in [0.717, 1.165) is 24.1 Å². The summed E-state index contributed by atoms with van der Waals surface area (Å²) in [4.78, 5) is 22.3. The van der Waals surface area contributed by atoms with Crippen LogP contribution in [0.4, 0.5) is 10.1 Å². The number of anilines is 1. The first-order chi connectivity index (χ1) is 14.9. The number of likely N-dealkylation sites (N-methyl/N-ethyl adjacent to an activating group) is 1. The molecule has 3 aromatic rings. The molecule has 0 N–H and O–H groups in total. The normalized spacial score (nSPS) is 16.7. The number of thiophene rings is 1. The van der Waals surface area contributed by atoms with Crippen LogP contribution >= 0.6 is 11.3 Å². The molecule has 31 heavy (non-hydrogen) atoms. The van der Waals surface area contributed by atoms with E-state index in [9.17, 15) is 4.79 Å². The summed E-state index contributed by atoms with van der Waals surface area (Å²) in [5.41, 5.74) is 1.01. The van der Waals surface area contributed by atoms with Crippen LogP contribution in [0.2, 0.25) is 0 Å². The molecule has 3 heterocycles. The Hall–Kier alpha value is -2.74. The molecule has 0 aliphatic carbocycles. The lowest BCUT2D eigenvalue weighted by molar-refractivity contribution is -0.132. The lowest BCUT2D eigenvalue weighted by atomic mass is 9.99. The summed E-state index contributed by atoms with van der Waals surface area (Å²) in [5.74, 6) is 0.646. The molecular formula is C23H27FN4O2S. The number of hydrogen-bond acceptors (Lipinski definition) is 6. The van der Waals surface area contributed by atoms with Crippen LogP contribution in [0.3, 0.4) is 0 Å². The molecule has 0 spiro atoms. The van der Waals surface area contributed by atoms with E-state index in [1.165, 1.54) is 6.07 Å². The highest BCUT2D eigenvalue weighted by atomic mass is 32.1. The molecule has 2 aromatic heterocycles. The Kier molecular flexibility index (Phi) is 6.36. The monoisotopic (exact) mass is 442 g/mol. The zero-order valence-electron chi connectivity index (χ0n) is 18.0. The third-order valence-corrected chi connectivity index (χ3v) is 6.45. The Balaban J connectivity index is 1.55. The van der Waals surface area contributed by atoms with Gasteiger partial charge in [-0.25, -0.2) is 4.39 Å². The van der Waals surface area contributed by atoms with Crippen molar-refractivity contribution in [3.05, 3.63) is 52.3 Å². The molecule has 1 saturated heterocycles. The van der Waals surface area contributed by atoms with Gasteiger partial charge in [-0.3, -0.25) is 4.79 Å². The maximum atomic E-state index is 15.2. The average Bonchev–Trinajstić information content (AvgIpc) is 3.45. The zero-order valence-corrected chi connectivity index (χ0v) is 18.9. The molecule has 8 heteroatoms. The van der Waals surface area contributed by atoms with E-state index in [4.69, 9.17) is 4.52 Å². The van der Waals surface area contributed by atoms with Crippen molar-refractivity contribution in [2.75, 3.05) is 18.5 Å². The van der Waals surface area contributed by atoms with Crippen LogP contribution in [0.1, 0.15) is 49.8 Å². The van der Waals surface area contributed by atoms with Crippen molar-refractivity contribution in [2.45, 2.75) is 51.6 Å². The molecule has 164 valence electrons. The summed E-state index contributed by atoms with van der Waals surface area (Å²) in [5, 5.41) is 5.97. The van der Waals surface area contributed by atoms with E-state index in [1.807, 2.05) is 43.3 Å². The van der Waals surface area contributed by atoms with Crippen LogP contribution in [0.15, 0.2) is 40.2 Å². The van der Waals surface area contributed by atoms with Gasteiger partial charge in [0.2, 0.25) is 17.6 Å². The second-order valence-corrected chi connectivity index (χ2v) is 9.29. The van der Waals surface area contributed by atoms with Gasteiger partial charge in [-0.15, -0.1) is 11.3 Å². The quantitative estimate of drug-likeness (QED) is 0.533. The van der Waals surface area contributed by atoms with Crippen LogP contribution in [0.25, 0.3) is 11.4 Å². The Labute approximate surface area is 185 Å². The third kappa shape index (κ3) is 4.63. The molecule has 0 bridgehead atoms. The Bertz CT molecular complexity index is 1030. The molecule has 1 amide bonds. The molecule has 6 nitrogen and oxygen atoms in total. The van der Waals surface area contributed by atoms with E-state index in [-0.39, 0.29) is 23.7 Å². The zero-order chi connectivity index (χ0) is 22.0. The van der Waals surface area contributed by atoms with Gasteiger partial charge in [0.15, 0.2) is 0 Å². The minimum absolute atomic E-state index is 0.0244. The number of carbonyl (C=O) groups is 1. The van der Waals surface area contributed by atoms with Gasteiger partial charge in [-0.05, 0) is 48.9 Å². The van der Waals surface area contributed by atoms with Crippen molar-refractivity contribution in [3.63, 3.8) is 0 Å². The molecule has 1 aromatic carbocycles. The predicted molar refractivity (Wildman–Crippen MR) is 120 cm³/mol. The summed E-state index contributed by atoms with van der Waals surface area (Å²) in [6.07, 6.45) is 2.61. The van der Waals surface area contributed by atoms with Crippen LogP contribution < -0.4 is 4.90 Å². The minimum Gasteiger partial charge on any atom is -0.357 e. The summed E-state index contributed by atoms with van der Waals surface area (Å²) in [6, 6.07) is 8.58. The van der Waals surface area contributed by atoms with Gasteiger partial charge >= 0.3 is 0 Å². The Morgan fingerprint density at radius 1 is 1.35 bits per heavy atom. The van der Waals surface area contributed by atoms with E-state index in [2.05, 4.69) is 10.1 Å². The molecule has 1 unspecified atom stereocenters. The molecule has 4 rings (SSSR count). The number of piperidine rings is 1. The fourth-order valence-corrected chi connectivity index (χ4v) is 4.67. The van der Waals surface area contributed by atoms with Gasteiger partial charge < -0.3 is 14.3 Å². The highest BCUT2D eigenvalue weighted by Crippen LogP contribution is 2.31. The van der Waals surface area contributed by atoms with Gasteiger partial charge in [-0.2, -0.15) is 4.98 Å². The summed E-state index contributed by atoms with van der Waals surface area (Å²) in [7, 11) is 1.82. The molecular weight excluding hydrogens is 415 g/mol. The number of amides is 1. The number of hydrogen-bond donors (Lipinski definition) is 0. The van der Waals surface area contributed by atoms with Crippen molar-refractivity contribution in [1.29, 1.82) is 0 Å². The van der Waals surface area contributed by atoms with Gasteiger partial charge in [0.25, 0.3) is 0 Å². The minimum atomic E-state index is -0.381. The number of benzene rings is 1. The third-order valence-electron chi connectivity index (χ3n) is 5.59. The highest BCUT2D eigenvalue weighted by Gasteiger charge is 2.32. The first-order valence-corrected chi connectivity index (χ1v) is 11.5. The molecule has 1 aliphatic rings. The van der Waals surface area contributed by atoms with Crippen LogP contribution in [0.5, 0.6) is 0 Å². The van der Waals surface area contributed by atoms with Gasteiger partial charge in [0.1, 0.15) is 11.9 Å². The number of carbonyl (C=O) groups excluding carboxylic acids is 1. The van der Waals surface area contributed by atoms with Crippen molar-refractivity contribution in [3.8, 4) is 11.4 Å². The number of nitrogens with zero attached hydrogens (tertiary/aromatic N) is 4. The van der Waals surface area contributed by atoms with E-state index in [1.54, 1.807) is 28.4 Å². The fraction of sp³-hybridized carbons (Fsp3) is 0.435. The number of halogens is 1.